The maximum Gasteiger partial charge on any atom is 0.134 e. The summed E-state index contributed by atoms with van der Waals surface area (Å²) in [7, 11) is 2.02. The van der Waals surface area contributed by atoms with Crippen molar-refractivity contribution in [2.24, 2.45) is 0 Å². The normalized spacial score (nSPS) is 19.6. The SMILES string of the molecule is C=CCNc1cc(N2CCCC(NC)C2)ncn1. The molecule has 1 aromatic heterocycles. The first-order valence-corrected chi connectivity index (χ1v) is 6.42. The molecule has 98 valence electrons. The number of anilines is 2. The Kier molecular flexibility index (Phi) is 4.52. The highest BCUT2D eigenvalue weighted by Crippen LogP contribution is 2.19. The lowest BCUT2D eigenvalue weighted by Gasteiger charge is -2.33. The first-order chi connectivity index (χ1) is 8.83. The van der Waals surface area contributed by atoms with E-state index >= 15 is 0 Å². The standard InChI is InChI=1S/C13H21N5/c1-3-6-15-12-8-13(17-10-16-12)18-7-4-5-11(9-18)14-2/h3,8,10-11,14H,1,4-7,9H2,2H3,(H,15,16,17). The zero-order chi connectivity index (χ0) is 12.8. The fourth-order valence-electron chi connectivity index (χ4n) is 2.21. The van der Waals surface area contributed by atoms with Crippen molar-refractivity contribution in [3.8, 4) is 0 Å². The van der Waals surface area contributed by atoms with Gasteiger partial charge in [0.05, 0.1) is 0 Å². The van der Waals surface area contributed by atoms with Gasteiger partial charge in [-0.1, -0.05) is 6.08 Å². The van der Waals surface area contributed by atoms with Crippen molar-refractivity contribution in [2.45, 2.75) is 18.9 Å². The maximum absolute atomic E-state index is 4.36. The maximum atomic E-state index is 4.36. The second-order valence-electron chi connectivity index (χ2n) is 4.50. The van der Waals surface area contributed by atoms with Crippen molar-refractivity contribution in [3.63, 3.8) is 0 Å². The van der Waals surface area contributed by atoms with Crippen molar-refractivity contribution in [1.29, 1.82) is 0 Å². The number of nitrogens with one attached hydrogen (secondary N) is 2. The number of piperidine rings is 1. The largest absolute Gasteiger partial charge is 0.366 e. The monoisotopic (exact) mass is 247 g/mol. The van der Waals surface area contributed by atoms with Crippen LogP contribution in [0.3, 0.4) is 0 Å². The Labute approximate surface area is 108 Å². The molecule has 0 aromatic carbocycles. The van der Waals surface area contributed by atoms with Gasteiger partial charge in [-0.25, -0.2) is 9.97 Å². The lowest BCUT2D eigenvalue weighted by atomic mass is 10.1. The quantitative estimate of drug-likeness (QED) is 0.767. The van der Waals surface area contributed by atoms with Gasteiger partial charge in [-0.3, -0.25) is 0 Å². The molecule has 1 aliphatic heterocycles. The predicted octanol–water partition coefficient (Wildman–Crippen LogP) is 1.26. The summed E-state index contributed by atoms with van der Waals surface area (Å²) in [5, 5.41) is 6.53. The minimum atomic E-state index is 0.554. The van der Waals surface area contributed by atoms with Gasteiger partial charge in [0.25, 0.3) is 0 Å². The van der Waals surface area contributed by atoms with Crippen LogP contribution in [0.5, 0.6) is 0 Å². The zero-order valence-corrected chi connectivity index (χ0v) is 10.9. The van der Waals surface area contributed by atoms with Gasteiger partial charge in [-0.15, -0.1) is 6.58 Å². The summed E-state index contributed by atoms with van der Waals surface area (Å²) in [5.74, 6) is 1.85. The second kappa shape index (κ2) is 6.35. The van der Waals surface area contributed by atoms with Crippen LogP contribution in [0, 0.1) is 0 Å². The van der Waals surface area contributed by atoms with Crippen molar-refractivity contribution < 1.29 is 0 Å². The molecule has 0 saturated carbocycles. The van der Waals surface area contributed by atoms with Gasteiger partial charge in [0, 0.05) is 31.7 Å². The van der Waals surface area contributed by atoms with Crippen molar-refractivity contribution in [3.05, 3.63) is 25.0 Å². The van der Waals surface area contributed by atoms with Gasteiger partial charge < -0.3 is 15.5 Å². The Balaban J connectivity index is 2.05. The topological polar surface area (TPSA) is 53.1 Å². The van der Waals surface area contributed by atoms with Gasteiger partial charge in [-0.2, -0.15) is 0 Å². The Hall–Kier alpha value is -1.62. The van der Waals surface area contributed by atoms with E-state index in [9.17, 15) is 0 Å². The number of likely N-dealkylation sites (N-methyl/N-ethyl adjacent to an activating group) is 1. The third-order valence-electron chi connectivity index (χ3n) is 3.23. The molecule has 0 amide bonds. The van der Waals surface area contributed by atoms with Crippen LogP contribution in [0.25, 0.3) is 0 Å². The van der Waals surface area contributed by atoms with Crippen LogP contribution in [-0.2, 0) is 0 Å². The summed E-state index contributed by atoms with van der Waals surface area (Å²) >= 11 is 0. The average molecular weight is 247 g/mol. The molecule has 2 heterocycles. The van der Waals surface area contributed by atoms with Crippen LogP contribution in [0.4, 0.5) is 11.6 Å². The summed E-state index contributed by atoms with van der Waals surface area (Å²) in [4.78, 5) is 10.9. The number of aromatic nitrogens is 2. The van der Waals surface area contributed by atoms with Gasteiger partial charge in [0.15, 0.2) is 0 Å². The average Bonchev–Trinajstić information content (AvgIpc) is 2.45. The second-order valence-corrected chi connectivity index (χ2v) is 4.50. The van der Waals surface area contributed by atoms with E-state index in [0.717, 1.165) is 31.3 Å². The Morgan fingerprint density at radius 1 is 1.56 bits per heavy atom. The molecule has 1 saturated heterocycles. The molecular weight excluding hydrogens is 226 g/mol. The summed E-state index contributed by atoms with van der Waals surface area (Å²) < 4.78 is 0. The van der Waals surface area contributed by atoms with E-state index in [1.165, 1.54) is 12.8 Å². The number of nitrogens with zero attached hydrogens (tertiary/aromatic N) is 3. The summed E-state index contributed by atoms with van der Waals surface area (Å²) in [6.45, 7) is 6.48. The fraction of sp³-hybridized carbons (Fsp3) is 0.538. The number of hydrogen-bond acceptors (Lipinski definition) is 5. The minimum absolute atomic E-state index is 0.554. The van der Waals surface area contributed by atoms with Crippen molar-refractivity contribution in [1.82, 2.24) is 15.3 Å². The molecule has 1 aliphatic rings. The molecule has 1 unspecified atom stereocenters. The highest BCUT2D eigenvalue weighted by Gasteiger charge is 2.19. The Morgan fingerprint density at radius 3 is 3.22 bits per heavy atom. The minimum Gasteiger partial charge on any atom is -0.366 e. The highest BCUT2D eigenvalue weighted by atomic mass is 15.2. The van der Waals surface area contributed by atoms with E-state index in [2.05, 4.69) is 32.1 Å². The van der Waals surface area contributed by atoms with E-state index in [4.69, 9.17) is 0 Å². The third-order valence-corrected chi connectivity index (χ3v) is 3.23. The van der Waals surface area contributed by atoms with Gasteiger partial charge >= 0.3 is 0 Å². The summed E-state index contributed by atoms with van der Waals surface area (Å²) in [6.07, 6.45) is 5.87. The van der Waals surface area contributed by atoms with Crippen LogP contribution in [0.1, 0.15) is 12.8 Å². The van der Waals surface area contributed by atoms with Crippen LogP contribution < -0.4 is 15.5 Å². The first kappa shape index (κ1) is 12.8. The van der Waals surface area contributed by atoms with Crippen LogP contribution >= 0.6 is 0 Å². The van der Waals surface area contributed by atoms with E-state index in [1.807, 2.05) is 19.2 Å². The highest BCUT2D eigenvalue weighted by molar-refractivity contribution is 5.49. The Morgan fingerprint density at radius 2 is 2.44 bits per heavy atom. The number of rotatable bonds is 5. The van der Waals surface area contributed by atoms with E-state index in [-0.39, 0.29) is 0 Å². The molecule has 0 aliphatic carbocycles. The van der Waals surface area contributed by atoms with Gasteiger partial charge in [-0.05, 0) is 19.9 Å². The van der Waals surface area contributed by atoms with Crippen LogP contribution in [0.15, 0.2) is 25.0 Å². The molecule has 1 fully saturated rings. The van der Waals surface area contributed by atoms with Gasteiger partial charge in [0.2, 0.25) is 0 Å². The molecule has 0 bridgehead atoms. The van der Waals surface area contributed by atoms with Crippen LogP contribution in [0.2, 0.25) is 0 Å². The first-order valence-electron chi connectivity index (χ1n) is 6.42. The molecule has 0 spiro atoms. The molecular formula is C13H21N5. The van der Waals surface area contributed by atoms with Gasteiger partial charge in [0.1, 0.15) is 18.0 Å². The lowest BCUT2D eigenvalue weighted by Crippen LogP contribution is -2.44. The zero-order valence-electron chi connectivity index (χ0n) is 10.9. The molecule has 5 heteroatoms. The van der Waals surface area contributed by atoms with Crippen molar-refractivity contribution in [2.75, 3.05) is 36.9 Å². The molecule has 1 atom stereocenters. The van der Waals surface area contributed by atoms with Crippen LogP contribution in [-0.4, -0.2) is 42.7 Å². The smallest absolute Gasteiger partial charge is 0.134 e. The van der Waals surface area contributed by atoms with E-state index in [0.29, 0.717) is 6.04 Å². The van der Waals surface area contributed by atoms with Crippen molar-refractivity contribution >= 4 is 11.6 Å². The lowest BCUT2D eigenvalue weighted by molar-refractivity contribution is 0.447. The Bertz CT molecular complexity index is 393. The van der Waals surface area contributed by atoms with E-state index in [1.54, 1.807) is 6.33 Å². The number of hydrogen-bond donors (Lipinski definition) is 2. The molecule has 2 N–H and O–H groups in total. The molecule has 0 radical (unpaired) electrons. The predicted molar refractivity (Wildman–Crippen MR) is 75.0 cm³/mol. The third kappa shape index (κ3) is 3.20. The fourth-order valence-corrected chi connectivity index (χ4v) is 2.21. The summed E-state index contributed by atoms with van der Waals surface area (Å²) in [6, 6.07) is 2.56. The molecule has 1 aromatic rings. The van der Waals surface area contributed by atoms with E-state index < -0.39 is 0 Å². The summed E-state index contributed by atoms with van der Waals surface area (Å²) in [5.41, 5.74) is 0. The molecule has 2 rings (SSSR count). The molecule has 18 heavy (non-hydrogen) atoms. The molecule has 5 nitrogen and oxygen atoms in total.